The number of nitrogens with one attached hydrogen (secondary N) is 1. The molecular weight excluding hydrogens is 328 g/mol. The van der Waals surface area contributed by atoms with Gasteiger partial charge in [-0.2, -0.15) is 0 Å². The number of urea groups is 1. The van der Waals surface area contributed by atoms with Crippen LogP contribution in [0.3, 0.4) is 0 Å². The molecule has 3 fully saturated rings. The summed E-state index contributed by atoms with van der Waals surface area (Å²) in [6.07, 6.45) is 5.72. The smallest absolute Gasteiger partial charge is 0.321 e. The zero-order chi connectivity index (χ0) is 17.9. The number of likely N-dealkylation sites (tertiary alicyclic amines) is 2. The van der Waals surface area contributed by atoms with E-state index in [1.807, 2.05) is 29.2 Å². The van der Waals surface area contributed by atoms with Crippen molar-refractivity contribution < 1.29 is 9.59 Å². The number of benzene rings is 1. The minimum atomic E-state index is -0.0149. The van der Waals surface area contributed by atoms with E-state index in [2.05, 4.69) is 10.2 Å². The number of nitrogens with zero attached hydrogens (tertiary/aromatic N) is 3. The van der Waals surface area contributed by atoms with Crippen molar-refractivity contribution >= 4 is 23.3 Å². The van der Waals surface area contributed by atoms with Crippen molar-refractivity contribution in [1.82, 2.24) is 9.80 Å². The molecule has 0 bridgehead atoms. The predicted molar refractivity (Wildman–Crippen MR) is 102 cm³/mol. The fraction of sp³-hybridized carbons (Fsp3) is 0.600. The number of carbonyl (C=O) groups is 2. The second-order valence-corrected chi connectivity index (χ2v) is 7.73. The quantitative estimate of drug-likeness (QED) is 0.844. The number of piperidine rings is 1. The van der Waals surface area contributed by atoms with Crippen molar-refractivity contribution in [1.29, 1.82) is 0 Å². The van der Waals surface area contributed by atoms with E-state index in [0.29, 0.717) is 12.3 Å². The van der Waals surface area contributed by atoms with Crippen LogP contribution in [0.2, 0.25) is 0 Å². The third-order valence-corrected chi connectivity index (χ3v) is 5.82. The molecule has 3 saturated heterocycles. The average molecular weight is 356 g/mol. The molecule has 1 atom stereocenters. The predicted octanol–water partition coefficient (Wildman–Crippen LogP) is 2.76. The lowest BCUT2D eigenvalue weighted by molar-refractivity contribution is -0.122. The van der Waals surface area contributed by atoms with Crippen LogP contribution in [0.1, 0.15) is 32.1 Å². The molecule has 140 valence electrons. The van der Waals surface area contributed by atoms with Gasteiger partial charge in [-0.15, -0.1) is 0 Å². The van der Waals surface area contributed by atoms with Gasteiger partial charge in [0.25, 0.3) is 0 Å². The van der Waals surface area contributed by atoms with Gasteiger partial charge >= 0.3 is 6.03 Å². The molecule has 1 aromatic rings. The minimum absolute atomic E-state index is 0.0149. The van der Waals surface area contributed by atoms with E-state index in [1.165, 1.54) is 32.4 Å². The molecular formula is C20H28N4O2. The fourth-order valence-electron chi connectivity index (χ4n) is 4.19. The minimum Gasteiger partial charge on any atom is -0.324 e. The second-order valence-electron chi connectivity index (χ2n) is 7.73. The first-order valence-corrected chi connectivity index (χ1v) is 9.88. The number of hydrogen-bond acceptors (Lipinski definition) is 3. The lowest BCUT2D eigenvalue weighted by Crippen LogP contribution is -2.43. The summed E-state index contributed by atoms with van der Waals surface area (Å²) in [6, 6.07) is 7.53. The van der Waals surface area contributed by atoms with Gasteiger partial charge in [-0.05, 0) is 62.5 Å². The van der Waals surface area contributed by atoms with E-state index in [4.69, 9.17) is 0 Å². The molecule has 26 heavy (non-hydrogen) atoms. The fourth-order valence-corrected chi connectivity index (χ4v) is 4.19. The number of β-lactam (4-membered cyclic amide) rings is 1. The summed E-state index contributed by atoms with van der Waals surface area (Å²) in [4.78, 5) is 30.3. The molecule has 3 amide bonds. The maximum Gasteiger partial charge on any atom is 0.321 e. The highest BCUT2D eigenvalue weighted by molar-refractivity contribution is 5.99. The van der Waals surface area contributed by atoms with Gasteiger partial charge in [0, 0.05) is 44.0 Å². The van der Waals surface area contributed by atoms with Crippen molar-refractivity contribution in [3.05, 3.63) is 24.3 Å². The third kappa shape index (κ3) is 3.85. The van der Waals surface area contributed by atoms with Crippen LogP contribution >= 0.6 is 0 Å². The maximum absolute atomic E-state index is 12.5. The van der Waals surface area contributed by atoms with Gasteiger partial charge in [-0.1, -0.05) is 6.42 Å². The number of amides is 3. The Labute approximate surface area is 155 Å². The first-order chi connectivity index (χ1) is 12.7. The first-order valence-electron chi connectivity index (χ1n) is 9.88. The molecule has 0 radical (unpaired) electrons. The van der Waals surface area contributed by atoms with Crippen LogP contribution in [0.15, 0.2) is 24.3 Å². The van der Waals surface area contributed by atoms with Crippen molar-refractivity contribution in [3.8, 4) is 0 Å². The first kappa shape index (κ1) is 17.3. The Balaban J connectivity index is 1.26. The van der Waals surface area contributed by atoms with Gasteiger partial charge < -0.3 is 20.0 Å². The number of carbonyl (C=O) groups excluding carboxylic acids is 2. The molecule has 3 heterocycles. The standard InChI is InChI=1S/C20H28N4O2/c25-19-9-13-24(19)18-6-4-17(5-7-18)21-20(26)23-12-8-16(15-23)14-22-10-2-1-3-11-22/h4-7,16H,1-3,8-15H2,(H,21,26)/t16-/m0/s1. The van der Waals surface area contributed by atoms with Crippen molar-refractivity contribution in [3.63, 3.8) is 0 Å². The van der Waals surface area contributed by atoms with Gasteiger partial charge in [0.1, 0.15) is 0 Å². The average Bonchev–Trinajstić information content (AvgIpc) is 3.11. The second kappa shape index (κ2) is 7.66. The summed E-state index contributed by atoms with van der Waals surface area (Å²) in [6.45, 7) is 6.04. The van der Waals surface area contributed by atoms with Crippen LogP contribution in [0.5, 0.6) is 0 Å². The maximum atomic E-state index is 12.5. The highest BCUT2D eigenvalue weighted by atomic mass is 16.2. The van der Waals surface area contributed by atoms with Gasteiger partial charge in [-0.25, -0.2) is 4.79 Å². The normalized spacial score (nSPS) is 23.8. The van der Waals surface area contributed by atoms with Gasteiger partial charge in [0.15, 0.2) is 0 Å². The summed E-state index contributed by atoms with van der Waals surface area (Å²) in [7, 11) is 0. The Morgan fingerprint density at radius 1 is 1.04 bits per heavy atom. The summed E-state index contributed by atoms with van der Waals surface area (Å²) in [5, 5.41) is 2.99. The molecule has 0 aromatic heterocycles. The van der Waals surface area contributed by atoms with Crippen LogP contribution in [0.25, 0.3) is 0 Å². The van der Waals surface area contributed by atoms with E-state index < -0.39 is 0 Å². The molecule has 0 saturated carbocycles. The molecule has 0 aliphatic carbocycles. The molecule has 0 spiro atoms. The number of rotatable bonds is 4. The molecule has 3 aliphatic rings. The van der Waals surface area contributed by atoms with Crippen LogP contribution < -0.4 is 10.2 Å². The van der Waals surface area contributed by atoms with Crippen molar-refractivity contribution in [2.75, 3.05) is 49.5 Å². The molecule has 1 N–H and O–H groups in total. The third-order valence-electron chi connectivity index (χ3n) is 5.82. The topological polar surface area (TPSA) is 55.9 Å². The molecule has 3 aliphatic heterocycles. The van der Waals surface area contributed by atoms with E-state index in [9.17, 15) is 9.59 Å². The Kier molecular flexibility index (Phi) is 5.11. The summed E-state index contributed by atoms with van der Waals surface area (Å²) in [5.41, 5.74) is 1.69. The van der Waals surface area contributed by atoms with E-state index in [-0.39, 0.29) is 11.9 Å². The van der Waals surface area contributed by atoms with Crippen molar-refractivity contribution in [2.24, 2.45) is 5.92 Å². The van der Waals surface area contributed by atoms with Gasteiger partial charge in [0.2, 0.25) is 5.91 Å². The largest absolute Gasteiger partial charge is 0.324 e. The highest BCUT2D eigenvalue weighted by Gasteiger charge is 2.28. The SMILES string of the molecule is O=C(Nc1ccc(N2CCC2=O)cc1)N1CC[C@@H](CN2CCCCC2)C1. The van der Waals surface area contributed by atoms with Crippen molar-refractivity contribution in [2.45, 2.75) is 32.1 Å². The molecule has 6 nitrogen and oxygen atoms in total. The van der Waals surface area contributed by atoms with Gasteiger partial charge in [0.05, 0.1) is 0 Å². The zero-order valence-electron chi connectivity index (χ0n) is 15.3. The van der Waals surface area contributed by atoms with Gasteiger partial charge in [-0.3, -0.25) is 4.79 Å². The molecule has 6 heteroatoms. The number of anilines is 2. The monoisotopic (exact) mass is 356 g/mol. The Bertz CT molecular complexity index is 654. The zero-order valence-corrected chi connectivity index (χ0v) is 15.3. The summed E-state index contributed by atoms with van der Waals surface area (Å²) < 4.78 is 0. The Morgan fingerprint density at radius 2 is 1.81 bits per heavy atom. The van der Waals surface area contributed by atoms with E-state index >= 15 is 0 Å². The van der Waals surface area contributed by atoms with E-state index in [1.54, 1.807) is 4.90 Å². The lowest BCUT2D eigenvalue weighted by Gasteiger charge is -2.30. The van der Waals surface area contributed by atoms with Crippen LogP contribution in [-0.2, 0) is 4.79 Å². The number of hydrogen-bond donors (Lipinski definition) is 1. The van der Waals surface area contributed by atoms with Crippen LogP contribution in [-0.4, -0.2) is 61.0 Å². The Hall–Kier alpha value is -2.08. The Morgan fingerprint density at radius 3 is 2.46 bits per heavy atom. The summed E-state index contributed by atoms with van der Waals surface area (Å²) in [5.74, 6) is 0.761. The van der Waals surface area contributed by atoms with E-state index in [0.717, 1.165) is 44.0 Å². The molecule has 0 unspecified atom stereocenters. The highest BCUT2D eigenvalue weighted by Crippen LogP contribution is 2.24. The van der Waals surface area contributed by atoms with Crippen LogP contribution in [0, 0.1) is 5.92 Å². The van der Waals surface area contributed by atoms with Crippen LogP contribution in [0.4, 0.5) is 16.2 Å². The molecule has 1 aromatic carbocycles. The lowest BCUT2D eigenvalue weighted by atomic mass is 10.1. The summed E-state index contributed by atoms with van der Waals surface area (Å²) >= 11 is 0. The molecule has 4 rings (SSSR count).